The van der Waals surface area contributed by atoms with E-state index in [2.05, 4.69) is 62.4 Å². The van der Waals surface area contributed by atoms with Gasteiger partial charge in [0.2, 0.25) is 0 Å². The summed E-state index contributed by atoms with van der Waals surface area (Å²) >= 11 is 0. The highest BCUT2D eigenvalue weighted by molar-refractivity contribution is 6.27. The van der Waals surface area contributed by atoms with Gasteiger partial charge in [0.25, 0.3) is 0 Å². The fourth-order valence-electron chi connectivity index (χ4n) is 7.57. The van der Waals surface area contributed by atoms with Gasteiger partial charge in [-0.1, -0.05) is 162 Å². The van der Waals surface area contributed by atoms with E-state index in [1.165, 1.54) is 38.5 Å². The fourth-order valence-corrected chi connectivity index (χ4v) is 7.57. The van der Waals surface area contributed by atoms with Crippen molar-refractivity contribution in [3.8, 4) is 22.6 Å². The Hall–Kier alpha value is -5.10. The van der Waals surface area contributed by atoms with Gasteiger partial charge in [-0.3, -0.25) is 0 Å². The second-order valence-corrected chi connectivity index (χ2v) is 14.5. The third kappa shape index (κ3) is 8.98. The highest BCUT2D eigenvalue weighted by Crippen LogP contribution is 2.50. The largest absolute Gasteiger partial charge is 0.513 e. The zero-order valence-electron chi connectivity index (χ0n) is 32.4. The van der Waals surface area contributed by atoms with Gasteiger partial charge in [0, 0.05) is 21.5 Å². The monoisotopic (exact) mass is 726 g/mol. The second kappa shape index (κ2) is 18.8. The first kappa shape index (κ1) is 38.6. The van der Waals surface area contributed by atoms with Crippen LogP contribution in [0, 0.1) is 13.8 Å². The van der Waals surface area contributed by atoms with E-state index >= 15 is 0 Å². The molecule has 6 rings (SSSR count). The average molecular weight is 727 g/mol. The van der Waals surface area contributed by atoms with Crippen molar-refractivity contribution in [3.05, 3.63) is 96.1 Å². The number of carbonyl (C=O) groups is 2. The SMILES string of the molecule is CCCCCCCCOC(=O)Oc1c2ccccc2c(-c2c3ccccc3c(OC(=O)OCCCCCCCC)c3cc(C)ccc23)c2ccc(C)cc12. The van der Waals surface area contributed by atoms with Crippen molar-refractivity contribution in [1.29, 1.82) is 0 Å². The molecular weight excluding hydrogens is 673 g/mol. The van der Waals surface area contributed by atoms with Crippen LogP contribution >= 0.6 is 0 Å². The Morgan fingerprint density at radius 1 is 0.426 bits per heavy atom. The minimum absolute atomic E-state index is 0.330. The van der Waals surface area contributed by atoms with E-state index in [0.717, 1.165) is 104 Å². The number of aryl methyl sites for hydroxylation is 2. The Morgan fingerprint density at radius 3 is 1.19 bits per heavy atom. The molecule has 0 spiro atoms. The van der Waals surface area contributed by atoms with Crippen LogP contribution in [0.15, 0.2) is 84.9 Å². The number of hydrogen-bond acceptors (Lipinski definition) is 6. The number of fused-ring (bicyclic) bond motifs is 4. The van der Waals surface area contributed by atoms with E-state index < -0.39 is 12.3 Å². The predicted octanol–water partition coefficient (Wildman–Crippen LogP) is 14.3. The average Bonchev–Trinajstić information content (AvgIpc) is 3.18. The van der Waals surface area contributed by atoms with Crippen LogP contribution in [0.5, 0.6) is 11.5 Å². The molecule has 6 heteroatoms. The van der Waals surface area contributed by atoms with Crippen LogP contribution < -0.4 is 9.47 Å². The molecule has 0 unspecified atom stereocenters. The summed E-state index contributed by atoms with van der Waals surface area (Å²) in [4.78, 5) is 26.4. The van der Waals surface area contributed by atoms with Crippen LogP contribution in [-0.2, 0) is 9.47 Å². The van der Waals surface area contributed by atoms with Gasteiger partial charge in [-0.15, -0.1) is 0 Å². The lowest BCUT2D eigenvalue weighted by Gasteiger charge is -2.21. The van der Waals surface area contributed by atoms with Gasteiger partial charge in [0.1, 0.15) is 11.5 Å². The summed E-state index contributed by atoms with van der Waals surface area (Å²) in [6.07, 6.45) is 11.8. The van der Waals surface area contributed by atoms with Gasteiger partial charge in [0.15, 0.2) is 0 Å². The molecule has 6 nitrogen and oxygen atoms in total. The first-order chi connectivity index (χ1) is 26.4. The molecule has 282 valence electrons. The summed E-state index contributed by atoms with van der Waals surface area (Å²) in [6.45, 7) is 9.15. The Labute approximate surface area is 319 Å². The zero-order valence-corrected chi connectivity index (χ0v) is 32.4. The molecule has 0 amide bonds. The van der Waals surface area contributed by atoms with Crippen molar-refractivity contribution in [2.75, 3.05) is 13.2 Å². The number of hydrogen-bond donors (Lipinski definition) is 0. The van der Waals surface area contributed by atoms with Gasteiger partial charge >= 0.3 is 12.3 Å². The van der Waals surface area contributed by atoms with Crippen molar-refractivity contribution in [2.24, 2.45) is 0 Å². The molecule has 0 aliphatic rings. The summed E-state index contributed by atoms with van der Waals surface area (Å²) in [5.41, 5.74) is 4.11. The quantitative estimate of drug-likeness (QED) is 0.0403. The maximum absolute atomic E-state index is 13.2. The second-order valence-electron chi connectivity index (χ2n) is 14.5. The Kier molecular flexibility index (Phi) is 13.4. The smallest absolute Gasteiger partial charge is 0.434 e. The standard InChI is InChI=1S/C48H54O6/c1-5-7-9-11-13-19-29-51-47(49)53-45-39-23-17-15-21-35(39)43(37-27-25-33(3)31-41(37)45)44-36-22-16-18-24-40(36)46(42-32-34(4)26-28-38(42)44)54-48(50)52-30-20-14-12-10-8-6-2/h15-18,21-28,31-32H,5-14,19-20,29-30H2,1-4H3. The lowest BCUT2D eigenvalue weighted by molar-refractivity contribution is 0.0972. The number of unbranched alkanes of at least 4 members (excludes halogenated alkanes) is 10. The van der Waals surface area contributed by atoms with Crippen LogP contribution in [0.4, 0.5) is 9.59 Å². The molecule has 0 aliphatic heterocycles. The molecule has 6 aromatic rings. The van der Waals surface area contributed by atoms with Crippen molar-refractivity contribution >= 4 is 55.4 Å². The van der Waals surface area contributed by atoms with Gasteiger partial charge in [-0.2, -0.15) is 0 Å². The number of carbonyl (C=O) groups excluding carboxylic acids is 2. The van der Waals surface area contributed by atoms with Crippen molar-refractivity contribution < 1.29 is 28.5 Å². The summed E-state index contributed by atoms with van der Waals surface area (Å²) in [5.74, 6) is 0.969. The molecule has 0 heterocycles. The number of ether oxygens (including phenoxy) is 4. The molecular formula is C48H54O6. The van der Waals surface area contributed by atoms with Gasteiger partial charge in [0.05, 0.1) is 13.2 Å². The van der Waals surface area contributed by atoms with E-state index in [4.69, 9.17) is 18.9 Å². The minimum atomic E-state index is -0.694. The van der Waals surface area contributed by atoms with E-state index in [1.807, 2.05) is 50.2 Å². The van der Waals surface area contributed by atoms with Crippen molar-refractivity contribution in [3.63, 3.8) is 0 Å². The van der Waals surface area contributed by atoms with Crippen molar-refractivity contribution in [1.82, 2.24) is 0 Å². The maximum atomic E-state index is 13.2. The van der Waals surface area contributed by atoms with Gasteiger partial charge in [-0.25, -0.2) is 9.59 Å². The highest BCUT2D eigenvalue weighted by atomic mass is 16.7. The lowest BCUT2D eigenvalue weighted by atomic mass is 9.85. The summed E-state index contributed by atoms with van der Waals surface area (Å²) in [7, 11) is 0. The molecule has 0 saturated carbocycles. The van der Waals surface area contributed by atoms with Crippen molar-refractivity contribution in [2.45, 2.75) is 105 Å². The predicted molar refractivity (Wildman–Crippen MR) is 222 cm³/mol. The van der Waals surface area contributed by atoms with E-state index in [0.29, 0.717) is 24.7 Å². The normalized spacial score (nSPS) is 11.4. The zero-order chi connectivity index (χ0) is 37.9. The molecule has 0 aliphatic carbocycles. The van der Waals surface area contributed by atoms with Gasteiger partial charge in [-0.05, 0) is 71.5 Å². The fraction of sp³-hybridized carbons (Fsp3) is 0.375. The molecule has 0 atom stereocenters. The molecule has 0 N–H and O–H groups in total. The topological polar surface area (TPSA) is 71.1 Å². The molecule has 0 fully saturated rings. The molecule has 0 aromatic heterocycles. The Bertz CT molecular complexity index is 2080. The Balaban J connectivity index is 1.42. The number of benzene rings is 6. The lowest BCUT2D eigenvalue weighted by Crippen LogP contribution is -2.12. The van der Waals surface area contributed by atoms with Crippen LogP contribution in [0.1, 0.15) is 102 Å². The molecule has 0 radical (unpaired) electrons. The summed E-state index contributed by atoms with van der Waals surface area (Å²) in [6, 6.07) is 28.7. The molecule has 0 bridgehead atoms. The highest BCUT2D eigenvalue weighted by Gasteiger charge is 2.25. The van der Waals surface area contributed by atoms with Crippen LogP contribution in [0.3, 0.4) is 0 Å². The first-order valence-corrected chi connectivity index (χ1v) is 20.0. The van der Waals surface area contributed by atoms with E-state index in [1.54, 1.807) is 0 Å². The third-order valence-electron chi connectivity index (χ3n) is 10.3. The first-order valence-electron chi connectivity index (χ1n) is 20.0. The van der Waals surface area contributed by atoms with Gasteiger partial charge < -0.3 is 18.9 Å². The Morgan fingerprint density at radius 2 is 0.778 bits per heavy atom. The third-order valence-corrected chi connectivity index (χ3v) is 10.3. The van der Waals surface area contributed by atoms with Crippen LogP contribution in [0.2, 0.25) is 0 Å². The maximum Gasteiger partial charge on any atom is 0.513 e. The number of rotatable bonds is 17. The van der Waals surface area contributed by atoms with Crippen LogP contribution in [0.25, 0.3) is 54.2 Å². The minimum Gasteiger partial charge on any atom is -0.434 e. The van der Waals surface area contributed by atoms with E-state index in [-0.39, 0.29) is 0 Å². The molecule has 54 heavy (non-hydrogen) atoms. The summed E-state index contributed by atoms with van der Waals surface area (Å²) < 4.78 is 23.4. The molecule has 6 aromatic carbocycles. The van der Waals surface area contributed by atoms with E-state index in [9.17, 15) is 9.59 Å². The van der Waals surface area contributed by atoms with Crippen LogP contribution in [-0.4, -0.2) is 25.5 Å². The summed E-state index contributed by atoms with van der Waals surface area (Å²) in [5, 5.41) is 7.02. The molecule has 0 saturated heterocycles.